The Hall–Kier alpha value is -3.64. The van der Waals surface area contributed by atoms with Crippen LogP contribution in [0.5, 0.6) is 5.75 Å². The number of rotatable bonds is 6. The van der Waals surface area contributed by atoms with Gasteiger partial charge in [0.25, 0.3) is 0 Å². The average molecular weight is 502 g/mol. The van der Waals surface area contributed by atoms with Gasteiger partial charge in [0.2, 0.25) is 11.7 Å². The van der Waals surface area contributed by atoms with Crippen LogP contribution in [0, 0.1) is 11.6 Å². The summed E-state index contributed by atoms with van der Waals surface area (Å²) in [5.74, 6) is -2.81. The predicted octanol–water partition coefficient (Wildman–Crippen LogP) is 3.35. The number of ether oxygens (including phenoxy) is 2. The van der Waals surface area contributed by atoms with E-state index in [2.05, 4.69) is 20.2 Å². The molecular formula is C23H21F2N5O4S. The highest BCUT2D eigenvalue weighted by Crippen LogP contribution is 2.37. The second-order valence-corrected chi connectivity index (χ2v) is 8.74. The summed E-state index contributed by atoms with van der Waals surface area (Å²) in [4.78, 5) is 35.9. The number of halogens is 2. The third-order valence-corrected chi connectivity index (χ3v) is 6.61. The Morgan fingerprint density at radius 1 is 1.14 bits per heavy atom. The van der Waals surface area contributed by atoms with Gasteiger partial charge in [-0.05, 0) is 18.2 Å². The maximum atomic E-state index is 14.9. The smallest absolute Gasteiger partial charge is 0.328 e. The zero-order valence-electron chi connectivity index (χ0n) is 18.5. The summed E-state index contributed by atoms with van der Waals surface area (Å²) < 4.78 is 40.2. The molecule has 4 heterocycles. The van der Waals surface area contributed by atoms with E-state index >= 15 is 0 Å². The molecule has 2 saturated heterocycles. The molecule has 1 N–H and O–H groups in total. The molecule has 0 aliphatic carbocycles. The topological polar surface area (TPSA) is 96.9 Å². The molecule has 0 radical (unpaired) electrons. The number of carbonyl (C=O) groups is 2. The molecule has 35 heavy (non-hydrogen) atoms. The third-order valence-electron chi connectivity index (χ3n) is 5.70. The lowest BCUT2D eigenvalue weighted by Gasteiger charge is -2.28. The van der Waals surface area contributed by atoms with E-state index in [0.29, 0.717) is 48.8 Å². The number of aromatic nitrogens is 2. The number of thiazole rings is 1. The molecule has 3 aromatic rings. The van der Waals surface area contributed by atoms with E-state index in [9.17, 15) is 18.4 Å². The fourth-order valence-electron chi connectivity index (χ4n) is 3.89. The molecule has 0 saturated carbocycles. The number of urea groups is 1. The molecule has 0 spiro atoms. The number of pyridine rings is 1. The normalized spacial score (nSPS) is 16.4. The van der Waals surface area contributed by atoms with Gasteiger partial charge in [0, 0.05) is 48.8 Å². The third kappa shape index (κ3) is 4.80. The average Bonchev–Trinajstić information content (AvgIpc) is 3.36. The summed E-state index contributed by atoms with van der Waals surface area (Å²) in [6, 6.07) is 3.52. The van der Waals surface area contributed by atoms with E-state index < -0.39 is 17.7 Å². The van der Waals surface area contributed by atoms with Gasteiger partial charge in [0.05, 0.1) is 30.8 Å². The Kier molecular flexibility index (Phi) is 6.55. The van der Waals surface area contributed by atoms with E-state index in [4.69, 9.17) is 9.47 Å². The first kappa shape index (κ1) is 23.1. The Morgan fingerprint density at radius 3 is 2.77 bits per heavy atom. The monoisotopic (exact) mass is 501 g/mol. The van der Waals surface area contributed by atoms with Crippen LogP contribution >= 0.6 is 11.3 Å². The number of hydrogen-bond acceptors (Lipinski definition) is 8. The molecule has 182 valence electrons. The molecule has 2 aromatic heterocycles. The number of morpholine rings is 1. The highest BCUT2D eigenvalue weighted by Gasteiger charge is 2.27. The summed E-state index contributed by atoms with van der Waals surface area (Å²) in [7, 11) is 0. The number of anilines is 2. The van der Waals surface area contributed by atoms with Crippen molar-refractivity contribution in [2.24, 2.45) is 0 Å². The predicted molar refractivity (Wildman–Crippen MR) is 125 cm³/mol. The summed E-state index contributed by atoms with van der Waals surface area (Å²) in [6.45, 7) is 2.62. The second kappa shape index (κ2) is 9.92. The first-order valence-corrected chi connectivity index (χ1v) is 11.8. The molecule has 2 fully saturated rings. The first-order valence-electron chi connectivity index (χ1n) is 10.9. The molecule has 5 rings (SSSR count). The molecule has 9 nitrogen and oxygen atoms in total. The maximum Gasteiger partial charge on any atom is 0.328 e. The molecule has 2 aliphatic rings. The largest absolute Gasteiger partial charge is 0.485 e. The number of nitrogens with zero attached hydrogens (tertiary/aromatic N) is 4. The summed E-state index contributed by atoms with van der Waals surface area (Å²) in [5.41, 5.74) is 1.72. The van der Waals surface area contributed by atoms with Gasteiger partial charge in [-0.25, -0.2) is 14.2 Å². The van der Waals surface area contributed by atoms with Crippen LogP contribution in [0.1, 0.15) is 12.0 Å². The van der Waals surface area contributed by atoms with Gasteiger partial charge in [0.15, 0.2) is 16.7 Å². The van der Waals surface area contributed by atoms with Crippen molar-refractivity contribution < 1.29 is 27.8 Å². The van der Waals surface area contributed by atoms with Crippen LogP contribution in [0.2, 0.25) is 0 Å². The number of hydrogen-bond donors (Lipinski definition) is 1. The van der Waals surface area contributed by atoms with Gasteiger partial charge in [-0.3, -0.25) is 20.0 Å². The first-order chi connectivity index (χ1) is 17.0. The zero-order chi connectivity index (χ0) is 24.4. The van der Waals surface area contributed by atoms with Crippen LogP contribution in [-0.4, -0.2) is 54.8 Å². The Morgan fingerprint density at radius 2 is 1.97 bits per heavy atom. The van der Waals surface area contributed by atoms with E-state index in [1.165, 1.54) is 34.7 Å². The molecule has 2 aliphatic heterocycles. The van der Waals surface area contributed by atoms with Gasteiger partial charge in [-0.15, -0.1) is 11.3 Å². The lowest BCUT2D eigenvalue weighted by atomic mass is 10.1. The van der Waals surface area contributed by atoms with E-state index in [1.807, 2.05) is 0 Å². The SMILES string of the molecule is O=C1CCN(c2cnccc2COc2c(-c3csc(N4CCOCC4)n3)ccc(F)c2F)C(=O)N1. The van der Waals surface area contributed by atoms with Gasteiger partial charge < -0.3 is 14.4 Å². The fourth-order valence-corrected chi connectivity index (χ4v) is 4.77. The molecule has 0 bridgehead atoms. The van der Waals surface area contributed by atoms with E-state index in [0.717, 1.165) is 11.2 Å². The lowest BCUT2D eigenvalue weighted by Crippen LogP contribution is -2.50. The minimum absolute atomic E-state index is 0.138. The summed E-state index contributed by atoms with van der Waals surface area (Å²) in [6.07, 6.45) is 3.11. The Bertz CT molecular complexity index is 1260. The van der Waals surface area contributed by atoms with Crippen molar-refractivity contribution in [1.29, 1.82) is 0 Å². The van der Waals surface area contributed by atoms with Crippen LogP contribution < -0.4 is 19.9 Å². The van der Waals surface area contributed by atoms with Crippen LogP contribution in [-0.2, 0) is 16.1 Å². The Labute approximate surface area is 203 Å². The molecule has 12 heteroatoms. The summed E-state index contributed by atoms with van der Waals surface area (Å²) >= 11 is 1.41. The summed E-state index contributed by atoms with van der Waals surface area (Å²) in [5, 5.41) is 4.80. The van der Waals surface area contributed by atoms with Gasteiger partial charge >= 0.3 is 6.03 Å². The van der Waals surface area contributed by atoms with Crippen molar-refractivity contribution >= 4 is 34.1 Å². The lowest BCUT2D eigenvalue weighted by molar-refractivity contribution is -0.120. The Balaban J connectivity index is 1.41. The van der Waals surface area contributed by atoms with Crippen molar-refractivity contribution in [1.82, 2.24) is 15.3 Å². The molecule has 0 atom stereocenters. The van der Waals surface area contributed by atoms with Crippen LogP contribution in [0.3, 0.4) is 0 Å². The molecule has 1 aromatic carbocycles. The molecule has 3 amide bonds. The van der Waals surface area contributed by atoms with E-state index in [-0.39, 0.29) is 31.2 Å². The van der Waals surface area contributed by atoms with E-state index in [1.54, 1.807) is 11.4 Å². The number of carbonyl (C=O) groups excluding carboxylic acids is 2. The minimum Gasteiger partial charge on any atom is -0.485 e. The van der Waals surface area contributed by atoms with Crippen molar-refractivity contribution in [3.05, 3.63) is 53.2 Å². The van der Waals surface area contributed by atoms with Gasteiger partial charge in [-0.1, -0.05) is 0 Å². The van der Waals surface area contributed by atoms with Gasteiger partial charge in [-0.2, -0.15) is 4.39 Å². The highest BCUT2D eigenvalue weighted by atomic mass is 32.1. The van der Waals surface area contributed by atoms with Crippen molar-refractivity contribution in [3.63, 3.8) is 0 Å². The van der Waals surface area contributed by atoms with Crippen molar-refractivity contribution in [3.8, 4) is 17.0 Å². The number of imide groups is 1. The molecule has 0 unspecified atom stereocenters. The maximum absolute atomic E-state index is 14.9. The molecular weight excluding hydrogens is 480 g/mol. The van der Waals surface area contributed by atoms with Gasteiger partial charge in [0.1, 0.15) is 6.61 Å². The highest BCUT2D eigenvalue weighted by molar-refractivity contribution is 7.14. The quantitative estimate of drug-likeness (QED) is 0.553. The van der Waals surface area contributed by atoms with Crippen molar-refractivity contribution in [2.75, 3.05) is 42.6 Å². The minimum atomic E-state index is -1.12. The number of benzene rings is 1. The van der Waals surface area contributed by atoms with Crippen LogP contribution in [0.15, 0.2) is 36.0 Å². The number of nitrogens with one attached hydrogen (secondary N) is 1. The van der Waals surface area contributed by atoms with Crippen LogP contribution in [0.4, 0.5) is 24.4 Å². The standard InChI is InChI=1S/C23H21F2N5O4S/c24-16-2-1-15(17-13-35-23(27-17)29-7-9-33-10-8-29)21(20(16)25)34-12-14-3-5-26-11-18(14)30-6-4-19(31)28-22(30)32/h1-3,5,11,13H,4,6-10,12H2,(H,28,31,32). The fraction of sp³-hybridized carbons (Fsp3) is 0.304. The second-order valence-electron chi connectivity index (χ2n) is 7.90. The zero-order valence-corrected chi connectivity index (χ0v) is 19.3. The van der Waals surface area contributed by atoms with Crippen molar-refractivity contribution in [2.45, 2.75) is 13.0 Å². The van der Waals surface area contributed by atoms with Crippen LogP contribution in [0.25, 0.3) is 11.3 Å². The number of amides is 3.